The lowest BCUT2D eigenvalue weighted by atomic mass is 10.0. The molecule has 2 heteroatoms. The zero-order valence-electron chi connectivity index (χ0n) is 16.0. The van der Waals surface area contributed by atoms with E-state index in [0.717, 1.165) is 24.8 Å². The van der Waals surface area contributed by atoms with Gasteiger partial charge in [0.1, 0.15) is 6.10 Å². The highest BCUT2D eigenvalue weighted by molar-refractivity contribution is 5.78. The SMILES string of the molecule is C#CC(O)CCCCCCCCCCCCc1ccc2ccccc2n1. The summed E-state index contributed by atoms with van der Waals surface area (Å²) >= 11 is 0. The number of terminal acetylenes is 1. The van der Waals surface area contributed by atoms with Gasteiger partial charge in [0.25, 0.3) is 0 Å². The molecule has 26 heavy (non-hydrogen) atoms. The maximum atomic E-state index is 9.28. The topological polar surface area (TPSA) is 33.1 Å². The van der Waals surface area contributed by atoms with E-state index < -0.39 is 6.10 Å². The molecule has 0 fully saturated rings. The molecule has 1 N–H and O–H groups in total. The number of pyridine rings is 1. The summed E-state index contributed by atoms with van der Waals surface area (Å²) < 4.78 is 0. The highest BCUT2D eigenvalue weighted by atomic mass is 16.3. The fourth-order valence-electron chi connectivity index (χ4n) is 3.39. The second-order valence-corrected chi connectivity index (χ2v) is 7.25. The number of aliphatic hydroxyl groups excluding tert-OH is 1. The Balaban J connectivity index is 1.43. The predicted octanol–water partition coefficient (Wildman–Crippen LogP) is 6.06. The van der Waals surface area contributed by atoms with Crippen LogP contribution in [-0.4, -0.2) is 16.2 Å². The summed E-state index contributed by atoms with van der Waals surface area (Å²) in [5, 5.41) is 10.5. The molecule has 0 amide bonds. The average molecular weight is 352 g/mol. The Morgan fingerprint density at radius 1 is 0.808 bits per heavy atom. The first-order chi connectivity index (χ1) is 12.8. The van der Waals surface area contributed by atoms with Crippen molar-refractivity contribution >= 4 is 10.9 Å². The number of aromatic nitrogens is 1. The molecule has 1 aromatic heterocycles. The first-order valence-corrected chi connectivity index (χ1v) is 10.3. The third-order valence-corrected chi connectivity index (χ3v) is 5.01. The summed E-state index contributed by atoms with van der Waals surface area (Å²) in [5.74, 6) is 2.37. The van der Waals surface area contributed by atoms with Gasteiger partial charge in [0, 0.05) is 11.1 Å². The van der Waals surface area contributed by atoms with E-state index in [0.29, 0.717) is 0 Å². The van der Waals surface area contributed by atoms with Gasteiger partial charge in [-0.1, -0.05) is 81.6 Å². The van der Waals surface area contributed by atoms with Gasteiger partial charge in [-0.15, -0.1) is 6.42 Å². The lowest BCUT2D eigenvalue weighted by molar-refractivity contribution is 0.217. The lowest BCUT2D eigenvalue weighted by Gasteiger charge is -2.05. The van der Waals surface area contributed by atoms with Crippen molar-refractivity contribution < 1.29 is 5.11 Å². The van der Waals surface area contributed by atoms with Crippen LogP contribution in [0.2, 0.25) is 0 Å². The van der Waals surface area contributed by atoms with Gasteiger partial charge in [-0.3, -0.25) is 4.98 Å². The van der Waals surface area contributed by atoms with Crippen LogP contribution in [0.3, 0.4) is 0 Å². The zero-order valence-corrected chi connectivity index (χ0v) is 16.0. The van der Waals surface area contributed by atoms with Gasteiger partial charge in [0.2, 0.25) is 0 Å². The van der Waals surface area contributed by atoms with Crippen molar-refractivity contribution in [3.05, 3.63) is 42.1 Å². The molecule has 0 saturated heterocycles. The lowest BCUT2D eigenvalue weighted by Crippen LogP contribution is -2.01. The molecule has 0 radical (unpaired) electrons. The molecule has 140 valence electrons. The Hall–Kier alpha value is -1.85. The quantitative estimate of drug-likeness (QED) is 0.351. The minimum Gasteiger partial charge on any atom is -0.380 e. The van der Waals surface area contributed by atoms with E-state index in [9.17, 15) is 5.11 Å². The molecular weight excluding hydrogens is 318 g/mol. The van der Waals surface area contributed by atoms with Crippen LogP contribution in [0.1, 0.15) is 76.3 Å². The van der Waals surface area contributed by atoms with Crippen molar-refractivity contribution in [1.82, 2.24) is 4.98 Å². The van der Waals surface area contributed by atoms with Gasteiger partial charge in [-0.2, -0.15) is 0 Å². The normalized spacial score (nSPS) is 12.2. The van der Waals surface area contributed by atoms with Gasteiger partial charge in [0.05, 0.1) is 5.52 Å². The molecule has 1 heterocycles. The molecule has 0 aliphatic heterocycles. The third kappa shape index (κ3) is 8.02. The van der Waals surface area contributed by atoms with E-state index in [2.05, 4.69) is 42.3 Å². The van der Waals surface area contributed by atoms with Gasteiger partial charge in [-0.25, -0.2) is 0 Å². The maximum absolute atomic E-state index is 9.28. The second kappa shape index (κ2) is 12.5. The van der Waals surface area contributed by atoms with E-state index in [4.69, 9.17) is 11.4 Å². The minimum absolute atomic E-state index is 0.542. The van der Waals surface area contributed by atoms with Gasteiger partial charge >= 0.3 is 0 Å². The standard InChI is InChI=1S/C24H33NO/c1-2-23(26)17-12-10-8-6-4-3-5-7-9-11-16-22-20-19-21-15-13-14-18-24(21)25-22/h1,13-15,18-20,23,26H,3-12,16-17H2. The molecule has 1 aromatic carbocycles. The van der Waals surface area contributed by atoms with E-state index in [-0.39, 0.29) is 0 Å². The molecule has 0 bridgehead atoms. The fraction of sp³-hybridized carbons (Fsp3) is 0.542. The van der Waals surface area contributed by atoms with Crippen molar-refractivity contribution in [2.75, 3.05) is 0 Å². The summed E-state index contributed by atoms with van der Waals surface area (Å²) in [4.78, 5) is 4.75. The van der Waals surface area contributed by atoms with Crippen LogP contribution in [0, 0.1) is 12.3 Å². The summed E-state index contributed by atoms with van der Waals surface area (Å²) in [5.41, 5.74) is 2.33. The smallest absolute Gasteiger partial charge is 0.114 e. The van der Waals surface area contributed by atoms with Crippen LogP contribution in [0.4, 0.5) is 0 Å². The third-order valence-electron chi connectivity index (χ3n) is 5.01. The largest absolute Gasteiger partial charge is 0.380 e. The molecule has 0 saturated carbocycles. The van der Waals surface area contributed by atoms with Crippen molar-refractivity contribution in [3.8, 4) is 12.3 Å². The number of fused-ring (bicyclic) bond motifs is 1. The highest BCUT2D eigenvalue weighted by Crippen LogP contribution is 2.15. The zero-order chi connectivity index (χ0) is 18.5. The Labute approximate surface area is 159 Å². The maximum Gasteiger partial charge on any atom is 0.114 e. The monoisotopic (exact) mass is 351 g/mol. The minimum atomic E-state index is -0.542. The van der Waals surface area contributed by atoms with E-state index in [1.165, 1.54) is 68.9 Å². The van der Waals surface area contributed by atoms with E-state index in [1.54, 1.807) is 0 Å². The molecule has 1 atom stereocenters. The van der Waals surface area contributed by atoms with Crippen LogP contribution in [0.5, 0.6) is 0 Å². The van der Waals surface area contributed by atoms with Crippen LogP contribution in [0.25, 0.3) is 10.9 Å². The van der Waals surface area contributed by atoms with Crippen molar-refractivity contribution in [2.24, 2.45) is 0 Å². The summed E-state index contributed by atoms with van der Waals surface area (Å²) in [6.07, 6.45) is 19.2. The molecule has 1 unspecified atom stereocenters. The molecule has 2 rings (SSSR count). The van der Waals surface area contributed by atoms with Crippen LogP contribution in [-0.2, 0) is 6.42 Å². The number of hydrogen-bond donors (Lipinski definition) is 1. The van der Waals surface area contributed by atoms with Crippen molar-refractivity contribution in [1.29, 1.82) is 0 Å². The first kappa shape index (κ1) is 20.5. The number of nitrogens with zero attached hydrogens (tertiary/aromatic N) is 1. The Morgan fingerprint density at radius 2 is 1.42 bits per heavy atom. The number of benzene rings is 1. The number of unbranched alkanes of at least 4 members (excludes halogenated alkanes) is 9. The number of rotatable bonds is 13. The predicted molar refractivity (Wildman–Crippen MR) is 111 cm³/mol. The molecule has 0 spiro atoms. The Kier molecular flexibility index (Phi) is 9.83. The van der Waals surface area contributed by atoms with Crippen LogP contribution >= 0.6 is 0 Å². The molecular formula is C24H33NO. The van der Waals surface area contributed by atoms with E-state index in [1.807, 2.05) is 0 Å². The molecule has 0 aliphatic carbocycles. The number of para-hydroxylation sites is 1. The van der Waals surface area contributed by atoms with Gasteiger partial charge in [-0.05, 0) is 37.8 Å². The second-order valence-electron chi connectivity index (χ2n) is 7.25. The van der Waals surface area contributed by atoms with Crippen molar-refractivity contribution in [3.63, 3.8) is 0 Å². The number of aryl methyl sites for hydroxylation is 1. The number of aliphatic hydroxyl groups is 1. The molecule has 0 aliphatic rings. The fourth-order valence-corrected chi connectivity index (χ4v) is 3.39. The highest BCUT2D eigenvalue weighted by Gasteiger charge is 2.00. The number of hydrogen-bond acceptors (Lipinski definition) is 2. The first-order valence-electron chi connectivity index (χ1n) is 10.3. The van der Waals surface area contributed by atoms with Crippen LogP contribution in [0.15, 0.2) is 36.4 Å². The average Bonchev–Trinajstić information content (AvgIpc) is 2.68. The summed E-state index contributed by atoms with van der Waals surface area (Å²) in [6, 6.07) is 12.7. The van der Waals surface area contributed by atoms with Gasteiger partial charge in [0.15, 0.2) is 0 Å². The summed E-state index contributed by atoms with van der Waals surface area (Å²) in [6.45, 7) is 0. The Bertz CT molecular complexity index is 673. The van der Waals surface area contributed by atoms with Crippen LogP contribution < -0.4 is 0 Å². The summed E-state index contributed by atoms with van der Waals surface area (Å²) in [7, 11) is 0. The molecule has 2 nitrogen and oxygen atoms in total. The molecule has 2 aromatic rings. The van der Waals surface area contributed by atoms with Gasteiger partial charge < -0.3 is 5.11 Å². The van der Waals surface area contributed by atoms with E-state index >= 15 is 0 Å². The van der Waals surface area contributed by atoms with Crippen molar-refractivity contribution in [2.45, 2.75) is 83.2 Å². The Morgan fingerprint density at radius 3 is 2.12 bits per heavy atom.